The van der Waals surface area contributed by atoms with Gasteiger partial charge in [-0.15, -0.1) is 0 Å². The molecule has 4 heteroatoms. The highest BCUT2D eigenvalue weighted by molar-refractivity contribution is 6.30. The van der Waals surface area contributed by atoms with Gasteiger partial charge in [-0.3, -0.25) is 4.79 Å². The summed E-state index contributed by atoms with van der Waals surface area (Å²) in [4.78, 5) is 12.0. The van der Waals surface area contributed by atoms with Crippen molar-refractivity contribution in [2.24, 2.45) is 0 Å². The van der Waals surface area contributed by atoms with Crippen LogP contribution < -0.4 is 0 Å². The van der Waals surface area contributed by atoms with Crippen LogP contribution in [-0.4, -0.2) is 5.78 Å². The van der Waals surface area contributed by atoms with E-state index in [1.54, 1.807) is 24.3 Å². The first kappa shape index (κ1) is 13.7. The highest BCUT2D eigenvalue weighted by Gasteiger charge is 2.19. The van der Waals surface area contributed by atoms with Crippen molar-refractivity contribution < 1.29 is 13.6 Å². The maximum atomic E-state index is 13.8. The normalized spacial score (nSPS) is 10.5. The highest BCUT2D eigenvalue weighted by atomic mass is 35.5. The minimum Gasteiger partial charge on any atom is -0.294 e. The van der Waals surface area contributed by atoms with Gasteiger partial charge in [-0.05, 0) is 36.2 Å². The number of ketones is 1. The minimum atomic E-state index is -0.838. The van der Waals surface area contributed by atoms with E-state index in [2.05, 4.69) is 0 Å². The monoisotopic (exact) mass is 280 g/mol. The van der Waals surface area contributed by atoms with E-state index in [1.807, 2.05) is 0 Å². The van der Waals surface area contributed by atoms with Gasteiger partial charge in [0, 0.05) is 11.4 Å². The lowest BCUT2D eigenvalue weighted by Crippen LogP contribution is -2.10. The lowest BCUT2D eigenvalue weighted by molar-refractivity contribution is 0.0984. The summed E-state index contributed by atoms with van der Waals surface area (Å²) in [7, 11) is 0. The highest BCUT2D eigenvalue weighted by Crippen LogP contribution is 2.19. The van der Waals surface area contributed by atoms with Crippen molar-refractivity contribution >= 4 is 17.4 Å². The molecule has 0 N–H and O–H groups in total. The first-order valence-electron chi connectivity index (χ1n) is 5.71. The number of hydrogen-bond acceptors (Lipinski definition) is 1. The second-order valence-electron chi connectivity index (χ2n) is 4.28. The van der Waals surface area contributed by atoms with Gasteiger partial charge < -0.3 is 0 Å². The van der Waals surface area contributed by atoms with Gasteiger partial charge in [0.1, 0.15) is 11.6 Å². The fourth-order valence-electron chi connectivity index (χ4n) is 1.83. The predicted octanol–water partition coefficient (Wildman–Crippen LogP) is 4.35. The van der Waals surface area contributed by atoms with Crippen LogP contribution in [0.5, 0.6) is 0 Å². The first-order valence-corrected chi connectivity index (χ1v) is 6.09. The van der Waals surface area contributed by atoms with Gasteiger partial charge in [0.2, 0.25) is 0 Å². The number of rotatable bonds is 3. The molecular formula is C15H11ClF2O. The number of benzene rings is 2. The van der Waals surface area contributed by atoms with Crippen molar-refractivity contribution in [3.05, 3.63) is 69.7 Å². The number of aryl methyl sites for hydroxylation is 1. The molecule has 0 aliphatic rings. The van der Waals surface area contributed by atoms with E-state index in [-0.39, 0.29) is 12.0 Å². The van der Waals surface area contributed by atoms with Crippen LogP contribution in [0.25, 0.3) is 0 Å². The first-order chi connectivity index (χ1) is 8.99. The van der Waals surface area contributed by atoms with Gasteiger partial charge >= 0.3 is 0 Å². The Labute approximate surface area is 114 Å². The summed E-state index contributed by atoms with van der Waals surface area (Å²) < 4.78 is 27.4. The van der Waals surface area contributed by atoms with Gasteiger partial charge in [0.25, 0.3) is 0 Å². The second-order valence-corrected chi connectivity index (χ2v) is 4.72. The maximum absolute atomic E-state index is 13.8. The Morgan fingerprint density at radius 2 is 1.95 bits per heavy atom. The SMILES string of the molecule is Cc1ccc(F)c(C(=O)Cc2cccc(Cl)c2)c1F. The molecule has 0 saturated heterocycles. The third kappa shape index (κ3) is 2.99. The van der Waals surface area contributed by atoms with Gasteiger partial charge in [0.05, 0.1) is 5.56 Å². The number of Topliss-reactive ketones (excluding diaryl/α,β-unsaturated/α-hetero) is 1. The van der Waals surface area contributed by atoms with Crippen LogP contribution in [0.1, 0.15) is 21.5 Å². The molecule has 0 radical (unpaired) electrons. The summed E-state index contributed by atoms with van der Waals surface area (Å²) in [5.74, 6) is -2.23. The average Bonchev–Trinajstić information content (AvgIpc) is 2.34. The molecule has 2 rings (SSSR count). The Hall–Kier alpha value is -1.74. The van der Waals surface area contributed by atoms with Gasteiger partial charge in [-0.2, -0.15) is 0 Å². The number of hydrogen-bond donors (Lipinski definition) is 0. The zero-order chi connectivity index (χ0) is 14.0. The van der Waals surface area contributed by atoms with Crippen LogP contribution >= 0.6 is 11.6 Å². The molecule has 0 aromatic heterocycles. The van der Waals surface area contributed by atoms with Crippen molar-refractivity contribution in [1.82, 2.24) is 0 Å². The Bertz CT molecular complexity index is 638. The molecule has 0 amide bonds. The molecule has 0 unspecified atom stereocenters. The third-order valence-electron chi connectivity index (χ3n) is 2.82. The molecule has 0 fully saturated rings. The Morgan fingerprint density at radius 1 is 1.21 bits per heavy atom. The summed E-state index contributed by atoms with van der Waals surface area (Å²) in [6.45, 7) is 1.49. The van der Waals surface area contributed by atoms with E-state index >= 15 is 0 Å². The largest absolute Gasteiger partial charge is 0.294 e. The van der Waals surface area contributed by atoms with Crippen LogP contribution in [-0.2, 0) is 6.42 Å². The topological polar surface area (TPSA) is 17.1 Å². The molecule has 0 saturated carbocycles. The zero-order valence-electron chi connectivity index (χ0n) is 10.2. The Balaban J connectivity index is 2.33. The molecule has 0 spiro atoms. The van der Waals surface area contributed by atoms with Crippen molar-refractivity contribution in [2.45, 2.75) is 13.3 Å². The maximum Gasteiger partial charge on any atom is 0.173 e. The molecule has 2 aromatic carbocycles. The lowest BCUT2D eigenvalue weighted by Gasteiger charge is -2.07. The van der Waals surface area contributed by atoms with Crippen molar-refractivity contribution in [2.75, 3.05) is 0 Å². The molecule has 98 valence electrons. The fraction of sp³-hybridized carbons (Fsp3) is 0.133. The van der Waals surface area contributed by atoms with E-state index in [9.17, 15) is 13.6 Å². The number of carbonyl (C=O) groups excluding carboxylic acids is 1. The van der Waals surface area contributed by atoms with Crippen LogP contribution in [0.2, 0.25) is 5.02 Å². The molecule has 2 aromatic rings. The smallest absolute Gasteiger partial charge is 0.173 e. The van der Waals surface area contributed by atoms with Crippen LogP contribution in [0.3, 0.4) is 0 Å². The van der Waals surface area contributed by atoms with Crippen LogP contribution in [0.4, 0.5) is 8.78 Å². The van der Waals surface area contributed by atoms with Gasteiger partial charge in [0.15, 0.2) is 5.78 Å². The molecule has 19 heavy (non-hydrogen) atoms. The van der Waals surface area contributed by atoms with E-state index in [1.165, 1.54) is 13.0 Å². The van der Waals surface area contributed by atoms with Gasteiger partial charge in [-0.1, -0.05) is 29.8 Å². The predicted molar refractivity (Wildman–Crippen MR) is 70.6 cm³/mol. The average molecular weight is 281 g/mol. The molecule has 0 aliphatic heterocycles. The fourth-order valence-corrected chi connectivity index (χ4v) is 2.05. The van der Waals surface area contributed by atoms with Crippen molar-refractivity contribution in [1.29, 1.82) is 0 Å². The zero-order valence-corrected chi connectivity index (χ0v) is 11.0. The molecule has 0 bridgehead atoms. The molecule has 0 atom stereocenters. The van der Waals surface area contributed by atoms with E-state index in [0.29, 0.717) is 10.6 Å². The lowest BCUT2D eigenvalue weighted by atomic mass is 10.0. The Kier molecular flexibility index (Phi) is 3.96. The van der Waals surface area contributed by atoms with Gasteiger partial charge in [-0.25, -0.2) is 8.78 Å². The van der Waals surface area contributed by atoms with Crippen molar-refractivity contribution in [3.63, 3.8) is 0 Å². The summed E-state index contributed by atoms with van der Waals surface area (Å²) >= 11 is 5.80. The van der Waals surface area contributed by atoms with E-state index in [0.717, 1.165) is 6.07 Å². The summed E-state index contributed by atoms with van der Waals surface area (Å²) in [5.41, 5.74) is 0.383. The number of carbonyl (C=O) groups is 1. The second kappa shape index (κ2) is 5.49. The third-order valence-corrected chi connectivity index (χ3v) is 3.05. The van der Waals surface area contributed by atoms with E-state index in [4.69, 9.17) is 11.6 Å². The molecule has 0 aliphatic carbocycles. The summed E-state index contributed by atoms with van der Waals surface area (Å²) in [5, 5.41) is 0.482. The standard InChI is InChI=1S/C15H11ClF2O/c1-9-5-6-12(17)14(15(9)18)13(19)8-10-3-2-4-11(16)7-10/h2-7H,8H2,1H3. The Morgan fingerprint density at radius 3 is 2.63 bits per heavy atom. The van der Waals surface area contributed by atoms with Crippen LogP contribution in [0.15, 0.2) is 36.4 Å². The van der Waals surface area contributed by atoms with Crippen molar-refractivity contribution in [3.8, 4) is 0 Å². The quantitative estimate of drug-likeness (QED) is 0.764. The van der Waals surface area contributed by atoms with Crippen LogP contribution in [0, 0.1) is 18.6 Å². The minimum absolute atomic E-state index is 0.0855. The summed E-state index contributed by atoms with van der Waals surface area (Å²) in [6, 6.07) is 9.06. The van der Waals surface area contributed by atoms with E-state index < -0.39 is 23.0 Å². The molecular weight excluding hydrogens is 270 g/mol. The molecule has 0 heterocycles. The molecule has 1 nitrogen and oxygen atoms in total. The number of halogens is 3. The summed E-state index contributed by atoms with van der Waals surface area (Å²) in [6.07, 6.45) is -0.0855.